The number of non-ortho nitro benzene ring substituents is 1. The predicted molar refractivity (Wildman–Crippen MR) is 163 cm³/mol. The van der Waals surface area contributed by atoms with Gasteiger partial charge in [-0.3, -0.25) is 14.9 Å². The first-order chi connectivity index (χ1) is 19.9. The Balaban J connectivity index is 1.36. The Morgan fingerprint density at radius 3 is 2.49 bits per heavy atom. The molecule has 1 heterocycles. The van der Waals surface area contributed by atoms with Crippen molar-refractivity contribution in [3.63, 3.8) is 0 Å². The van der Waals surface area contributed by atoms with E-state index in [0.29, 0.717) is 28.9 Å². The van der Waals surface area contributed by atoms with Gasteiger partial charge in [-0.05, 0) is 79.3 Å². The van der Waals surface area contributed by atoms with Gasteiger partial charge in [-0.2, -0.15) is 0 Å². The molecule has 3 atom stereocenters. The standard InChI is InChI=1S/C32H35N3O5S/c1-3-39-29-19-24(15-18-28(29)40-21-23-13-16-26(17-14-23)35(37)38)20-30-31(36)34(27-12-8-7-9-22(27)2)32(41-30)33-25-10-5-4-6-11-25/h4-6,10-11,13-20,22,27,32-33H,3,7-9,12,21H2,1-2H3/b30-20-/t22-,27-,32?/m1/s1. The molecule has 1 saturated heterocycles. The summed E-state index contributed by atoms with van der Waals surface area (Å²) in [6.45, 7) is 4.86. The lowest BCUT2D eigenvalue weighted by Gasteiger charge is -2.39. The molecule has 0 aromatic heterocycles. The first kappa shape index (κ1) is 28.5. The first-order valence-electron chi connectivity index (χ1n) is 14.1. The Morgan fingerprint density at radius 2 is 1.78 bits per heavy atom. The second kappa shape index (κ2) is 13.1. The minimum Gasteiger partial charge on any atom is -0.490 e. The van der Waals surface area contributed by atoms with E-state index in [9.17, 15) is 14.9 Å². The van der Waals surface area contributed by atoms with Crippen molar-refractivity contribution in [1.29, 1.82) is 0 Å². The number of nitrogens with zero attached hydrogens (tertiary/aromatic N) is 2. The number of benzene rings is 3. The van der Waals surface area contributed by atoms with E-state index in [4.69, 9.17) is 9.47 Å². The molecule has 2 aliphatic rings. The van der Waals surface area contributed by atoms with E-state index in [1.54, 1.807) is 23.9 Å². The Kier molecular flexibility index (Phi) is 9.14. The number of hydrogen-bond donors (Lipinski definition) is 1. The van der Waals surface area contributed by atoms with Crippen LogP contribution in [0, 0.1) is 16.0 Å². The number of nitrogens with one attached hydrogen (secondary N) is 1. The molecule has 5 rings (SSSR count). The van der Waals surface area contributed by atoms with Crippen LogP contribution in [0.25, 0.3) is 6.08 Å². The smallest absolute Gasteiger partial charge is 0.269 e. The van der Waals surface area contributed by atoms with Crippen LogP contribution in [0.3, 0.4) is 0 Å². The molecule has 0 spiro atoms. The quantitative estimate of drug-likeness (QED) is 0.153. The molecular weight excluding hydrogens is 538 g/mol. The van der Waals surface area contributed by atoms with Gasteiger partial charge in [0.05, 0.1) is 16.4 Å². The van der Waals surface area contributed by atoms with Gasteiger partial charge in [0.2, 0.25) is 0 Å². The summed E-state index contributed by atoms with van der Waals surface area (Å²) < 4.78 is 11.9. The molecule has 3 aromatic rings. The fraction of sp³-hybridized carbons (Fsp3) is 0.344. The molecule has 1 aliphatic heterocycles. The summed E-state index contributed by atoms with van der Waals surface area (Å²) in [7, 11) is 0. The zero-order valence-electron chi connectivity index (χ0n) is 23.3. The van der Waals surface area contributed by atoms with Crippen LogP contribution in [0.15, 0.2) is 77.7 Å². The van der Waals surface area contributed by atoms with E-state index in [0.717, 1.165) is 36.1 Å². The second-order valence-electron chi connectivity index (χ2n) is 10.4. The molecular formula is C32H35N3O5S. The number of hydrogen-bond acceptors (Lipinski definition) is 7. The maximum absolute atomic E-state index is 13.9. The normalized spacial score (nSPS) is 21.6. The van der Waals surface area contributed by atoms with Crippen LogP contribution in [-0.2, 0) is 11.4 Å². The Morgan fingerprint density at radius 1 is 1.02 bits per heavy atom. The van der Waals surface area contributed by atoms with Crippen molar-refractivity contribution in [2.75, 3.05) is 11.9 Å². The average Bonchev–Trinajstić information content (AvgIpc) is 3.27. The molecule has 41 heavy (non-hydrogen) atoms. The molecule has 2 fully saturated rings. The van der Waals surface area contributed by atoms with Gasteiger partial charge < -0.3 is 19.7 Å². The number of thioether (sulfide) groups is 1. The van der Waals surface area contributed by atoms with Gasteiger partial charge >= 0.3 is 0 Å². The van der Waals surface area contributed by atoms with Gasteiger partial charge in [0.15, 0.2) is 17.0 Å². The highest BCUT2D eigenvalue weighted by Crippen LogP contribution is 2.42. The predicted octanol–water partition coefficient (Wildman–Crippen LogP) is 7.46. The highest BCUT2D eigenvalue weighted by molar-refractivity contribution is 8.05. The molecule has 9 heteroatoms. The zero-order chi connectivity index (χ0) is 28.8. The van der Waals surface area contributed by atoms with Crippen LogP contribution in [0.5, 0.6) is 11.5 Å². The minimum absolute atomic E-state index is 0.0400. The van der Waals surface area contributed by atoms with Gasteiger partial charge in [0, 0.05) is 23.9 Å². The van der Waals surface area contributed by atoms with Crippen LogP contribution < -0.4 is 14.8 Å². The van der Waals surface area contributed by atoms with Crippen molar-refractivity contribution in [2.45, 2.75) is 57.7 Å². The fourth-order valence-corrected chi connectivity index (χ4v) is 6.61. The molecule has 0 radical (unpaired) electrons. The van der Waals surface area contributed by atoms with Crippen molar-refractivity contribution < 1.29 is 19.2 Å². The largest absolute Gasteiger partial charge is 0.490 e. The molecule has 3 aromatic carbocycles. The molecule has 0 bridgehead atoms. The SMILES string of the molecule is CCOc1cc(/C=C2\SC(Nc3ccccc3)N([C@@H]3CCCC[C@H]3C)C2=O)ccc1OCc1ccc([N+](=O)[O-])cc1. The lowest BCUT2D eigenvalue weighted by molar-refractivity contribution is -0.384. The number of para-hydroxylation sites is 1. The van der Waals surface area contributed by atoms with E-state index in [2.05, 4.69) is 17.1 Å². The van der Waals surface area contributed by atoms with E-state index >= 15 is 0 Å². The van der Waals surface area contributed by atoms with Gasteiger partial charge in [-0.1, -0.05) is 55.8 Å². The van der Waals surface area contributed by atoms with Crippen LogP contribution in [0.1, 0.15) is 50.7 Å². The van der Waals surface area contributed by atoms with Crippen LogP contribution in [0.4, 0.5) is 11.4 Å². The van der Waals surface area contributed by atoms with Crippen LogP contribution in [0.2, 0.25) is 0 Å². The number of rotatable bonds is 10. The number of ether oxygens (including phenoxy) is 2. The molecule has 1 N–H and O–H groups in total. The zero-order valence-corrected chi connectivity index (χ0v) is 24.1. The number of carbonyl (C=O) groups is 1. The van der Waals surface area contributed by atoms with Crippen molar-refractivity contribution >= 4 is 35.1 Å². The number of anilines is 1. The second-order valence-corrected chi connectivity index (χ2v) is 11.5. The number of nitro benzene ring substituents is 1. The summed E-state index contributed by atoms with van der Waals surface area (Å²) in [4.78, 5) is 27.1. The highest BCUT2D eigenvalue weighted by atomic mass is 32.2. The molecule has 1 aliphatic carbocycles. The summed E-state index contributed by atoms with van der Waals surface area (Å²) in [5.41, 5.74) is 2.51. The van der Waals surface area contributed by atoms with Gasteiger partial charge in [0.1, 0.15) is 6.61 Å². The maximum Gasteiger partial charge on any atom is 0.269 e. The van der Waals surface area contributed by atoms with Crippen LogP contribution >= 0.6 is 11.8 Å². The van der Waals surface area contributed by atoms with Crippen molar-refractivity contribution in [3.05, 3.63) is 98.9 Å². The monoisotopic (exact) mass is 573 g/mol. The van der Waals surface area contributed by atoms with E-state index in [1.807, 2.05) is 61.5 Å². The Hall–Kier alpha value is -3.98. The maximum atomic E-state index is 13.9. The van der Waals surface area contributed by atoms with Crippen molar-refractivity contribution in [1.82, 2.24) is 4.90 Å². The minimum atomic E-state index is -0.423. The summed E-state index contributed by atoms with van der Waals surface area (Å²) in [5.74, 6) is 1.65. The lowest BCUT2D eigenvalue weighted by atomic mass is 9.85. The van der Waals surface area contributed by atoms with E-state index < -0.39 is 4.92 Å². The van der Waals surface area contributed by atoms with Crippen molar-refractivity contribution in [3.8, 4) is 11.5 Å². The van der Waals surface area contributed by atoms with Gasteiger partial charge in [0.25, 0.3) is 11.6 Å². The summed E-state index contributed by atoms with van der Waals surface area (Å²) in [6, 6.07) is 22.2. The molecule has 1 amide bonds. The number of carbonyl (C=O) groups excluding carboxylic acids is 1. The fourth-order valence-electron chi connectivity index (χ4n) is 5.40. The summed E-state index contributed by atoms with van der Waals surface area (Å²) in [6.07, 6.45) is 6.44. The molecule has 1 saturated carbocycles. The molecule has 214 valence electrons. The van der Waals surface area contributed by atoms with Gasteiger partial charge in [-0.15, -0.1) is 0 Å². The first-order valence-corrected chi connectivity index (χ1v) is 15.0. The highest BCUT2D eigenvalue weighted by Gasteiger charge is 2.42. The van der Waals surface area contributed by atoms with E-state index in [-0.39, 0.29) is 29.7 Å². The molecule has 8 nitrogen and oxygen atoms in total. The third-order valence-corrected chi connectivity index (χ3v) is 8.65. The third-order valence-electron chi connectivity index (χ3n) is 7.53. The van der Waals surface area contributed by atoms with E-state index in [1.165, 1.54) is 18.6 Å². The lowest BCUT2D eigenvalue weighted by Crippen LogP contribution is -2.48. The number of amides is 1. The summed E-state index contributed by atoms with van der Waals surface area (Å²) in [5, 5.41) is 14.5. The third kappa shape index (κ3) is 6.85. The average molecular weight is 574 g/mol. The van der Waals surface area contributed by atoms with Crippen LogP contribution in [-0.4, -0.2) is 33.9 Å². The number of nitro groups is 1. The van der Waals surface area contributed by atoms with Gasteiger partial charge in [-0.25, -0.2) is 0 Å². The molecule has 1 unspecified atom stereocenters. The topological polar surface area (TPSA) is 93.9 Å². The summed E-state index contributed by atoms with van der Waals surface area (Å²) >= 11 is 1.55. The van der Waals surface area contributed by atoms with Crippen molar-refractivity contribution in [2.24, 2.45) is 5.92 Å². The Bertz CT molecular complexity index is 1400. The Labute approximate surface area is 244 Å².